The first-order chi connectivity index (χ1) is 15.3. The number of fused-ring (bicyclic) bond motifs is 1. The zero-order valence-corrected chi connectivity index (χ0v) is 22.2. The molecule has 2 amide bonds. The first-order valence-electron chi connectivity index (χ1n) is 11.2. The number of halogens is 3. The second kappa shape index (κ2) is 9.84. The minimum absolute atomic E-state index is 0.0620. The van der Waals surface area contributed by atoms with E-state index in [2.05, 4.69) is 49.4 Å². The third kappa shape index (κ3) is 7.42. The normalized spacial score (nSPS) is 16.1. The number of aromatic nitrogens is 3. The SMILES string of the molecule is CC(C)(C)OC(=O)NC(CO[Si](C)(C)C(C)(C)C)CC(=O)N1CCn2c(nnc2C(F)(F)F)C1. The monoisotopic (exact) mass is 507 g/mol. The maximum absolute atomic E-state index is 13.1. The number of nitrogens with one attached hydrogen (secondary N) is 1. The van der Waals surface area contributed by atoms with Crippen molar-refractivity contribution in [1.82, 2.24) is 25.0 Å². The zero-order valence-electron chi connectivity index (χ0n) is 21.2. The molecule has 1 aromatic heterocycles. The smallest absolute Gasteiger partial charge is 0.444 e. The van der Waals surface area contributed by atoms with Gasteiger partial charge in [-0.15, -0.1) is 10.2 Å². The predicted molar refractivity (Wildman–Crippen MR) is 121 cm³/mol. The van der Waals surface area contributed by atoms with E-state index in [0.717, 1.165) is 4.57 Å². The van der Waals surface area contributed by atoms with Gasteiger partial charge in [0.25, 0.3) is 0 Å². The van der Waals surface area contributed by atoms with Crippen LogP contribution in [-0.4, -0.2) is 64.8 Å². The summed E-state index contributed by atoms with van der Waals surface area (Å²) in [6.07, 6.45) is -5.37. The summed E-state index contributed by atoms with van der Waals surface area (Å²) in [4.78, 5) is 26.8. The molecule has 1 N–H and O–H groups in total. The summed E-state index contributed by atoms with van der Waals surface area (Å²) in [6.45, 7) is 15.6. The Morgan fingerprint density at radius 1 is 1.09 bits per heavy atom. The van der Waals surface area contributed by atoms with E-state index >= 15 is 0 Å². The van der Waals surface area contributed by atoms with Crippen LogP contribution in [0.3, 0.4) is 0 Å². The molecule has 2 rings (SSSR count). The Labute approximate surface area is 199 Å². The maximum Gasteiger partial charge on any atom is 0.451 e. The van der Waals surface area contributed by atoms with Crippen molar-refractivity contribution < 1.29 is 31.9 Å². The van der Waals surface area contributed by atoms with Gasteiger partial charge in [-0.05, 0) is 38.9 Å². The van der Waals surface area contributed by atoms with E-state index in [-0.39, 0.29) is 49.4 Å². The van der Waals surface area contributed by atoms with Gasteiger partial charge < -0.3 is 23.9 Å². The Hall–Kier alpha value is -2.15. The molecule has 194 valence electrons. The number of ether oxygens (including phenoxy) is 1. The van der Waals surface area contributed by atoms with E-state index in [0.29, 0.717) is 0 Å². The fourth-order valence-corrected chi connectivity index (χ4v) is 4.12. The maximum atomic E-state index is 13.1. The van der Waals surface area contributed by atoms with E-state index < -0.39 is 38.1 Å². The fraction of sp³-hybridized carbons (Fsp3) is 0.810. The molecule has 1 unspecified atom stereocenters. The van der Waals surface area contributed by atoms with Gasteiger partial charge in [-0.25, -0.2) is 4.79 Å². The Morgan fingerprint density at radius 3 is 2.24 bits per heavy atom. The molecule has 0 fully saturated rings. The summed E-state index contributed by atoms with van der Waals surface area (Å²) < 4.78 is 51.8. The molecule has 1 atom stereocenters. The van der Waals surface area contributed by atoms with Crippen molar-refractivity contribution >= 4 is 20.3 Å². The van der Waals surface area contributed by atoms with Crippen molar-refractivity contribution in [2.24, 2.45) is 0 Å². The lowest BCUT2D eigenvalue weighted by atomic mass is 10.2. The van der Waals surface area contributed by atoms with Gasteiger partial charge in [0.15, 0.2) is 14.1 Å². The van der Waals surface area contributed by atoms with Crippen molar-refractivity contribution in [2.45, 2.75) is 97.0 Å². The van der Waals surface area contributed by atoms with Crippen LogP contribution in [-0.2, 0) is 33.2 Å². The molecule has 9 nitrogen and oxygen atoms in total. The molecule has 1 aliphatic rings. The molecule has 0 saturated carbocycles. The van der Waals surface area contributed by atoms with E-state index in [9.17, 15) is 22.8 Å². The zero-order chi connectivity index (χ0) is 26.1. The van der Waals surface area contributed by atoms with Gasteiger partial charge >= 0.3 is 12.3 Å². The number of amides is 2. The largest absolute Gasteiger partial charge is 0.451 e. The average Bonchev–Trinajstić information content (AvgIpc) is 3.07. The molecular weight excluding hydrogens is 471 g/mol. The van der Waals surface area contributed by atoms with Crippen LogP contribution in [0, 0.1) is 0 Å². The van der Waals surface area contributed by atoms with Crippen LogP contribution in [0.1, 0.15) is 59.6 Å². The number of rotatable bonds is 6. The summed E-state index contributed by atoms with van der Waals surface area (Å²) in [5.41, 5.74) is -0.716. The first kappa shape index (κ1) is 28.1. The van der Waals surface area contributed by atoms with E-state index in [4.69, 9.17) is 9.16 Å². The van der Waals surface area contributed by atoms with Gasteiger partial charge in [0.05, 0.1) is 19.2 Å². The number of alkyl carbamates (subject to hydrolysis) is 1. The van der Waals surface area contributed by atoms with E-state index in [1.54, 1.807) is 20.8 Å². The highest BCUT2D eigenvalue weighted by Gasteiger charge is 2.41. The molecule has 13 heteroatoms. The van der Waals surface area contributed by atoms with Crippen LogP contribution in [0.4, 0.5) is 18.0 Å². The summed E-state index contributed by atoms with van der Waals surface area (Å²) in [7, 11) is -2.16. The minimum Gasteiger partial charge on any atom is -0.444 e. The molecule has 34 heavy (non-hydrogen) atoms. The highest BCUT2D eigenvalue weighted by atomic mass is 28.4. The third-order valence-corrected chi connectivity index (χ3v) is 10.5. The van der Waals surface area contributed by atoms with Crippen molar-refractivity contribution in [3.63, 3.8) is 0 Å². The molecular formula is C21H36F3N5O4Si. The number of alkyl halides is 3. The molecule has 0 radical (unpaired) electrons. The molecule has 0 bridgehead atoms. The first-order valence-corrected chi connectivity index (χ1v) is 14.1. The fourth-order valence-electron chi connectivity index (χ4n) is 3.07. The van der Waals surface area contributed by atoms with Crippen molar-refractivity contribution in [3.8, 4) is 0 Å². The molecule has 2 heterocycles. The summed E-state index contributed by atoms with van der Waals surface area (Å²) >= 11 is 0. The summed E-state index contributed by atoms with van der Waals surface area (Å²) in [5.74, 6) is -1.33. The number of nitrogens with zero attached hydrogens (tertiary/aromatic N) is 4. The van der Waals surface area contributed by atoms with Crippen LogP contribution < -0.4 is 5.32 Å². The lowest BCUT2D eigenvalue weighted by Crippen LogP contribution is -2.49. The van der Waals surface area contributed by atoms with Crippen molar-refractivity contribution in [3.05, 3.63) is 11.6 Å². The molecule has 1 aromatic rings. The van der Waals surface area contributed by atoms with Crippen LogP contribution in [0.5, 0.6) is 0 Å². The quantitative estimate of drug-likeness (QED) is 0.586. The third-order valence-electron chi connectivity index (χ3n) is 5.95. The molecule has 0 saturated heterocycles. The highest BCUT2D eigenvalue weighted by Crippen LogP contribution is 2.36. The van der Waals surface area contributed by atoms with Crippen molar-refractivity contribution in [1.29, 1.82) is 0 Å². The summed E-state index contributed by atoms with van der Waals surface area (Å²) in [6, 6.07) is -0.665. The molecule has 0 spiro atoms. The van der Waals surface area contributed by atoms with E-state index in [1.165, 1.54) is 4.90 Å². The van der Waals surface area contributed by atoms with Crippen LogP contribution in [0.25, 0.3) is 0 Å². The van der Waals surface area contributed by atoms with Crippen LogP contribution in [0.2, 0.25) is 18.1 Å². The van der Waals surface area contributed by atoms with Gasteiger partial charge in [-0.3, -0.25) is 4.79 Å². The van der Waals surface area contributed by atoms with Gasteiger partial charge in [0, 0.05) is 19.5 Å². The second-order valence-corrected chi connectivity index (χ2v) is 15.8. The lowest BCUT2D eigenvalue weighted by Gasteiger charge is -2.37. The Bertz CT molecular complexity index is 890. The lowest BCUT2D eigenvalue weighted by molar-refractivity contribution is -0.148. The van der Waals surface area contributed by atoms with Gasteiger partial charge in [-0.1, -0.05) is 20.8 Å². The molecule has 0 aromatic carbocycles. The molecule has 0 aliphatic carbocycles. The van der Waals surface area contributed by atoms with Crippen molar-refractivity contribution in [2.75, 3.05) is 13.2 Å². The van der Waals surface area contributed by atoms with Crippen LogP contribution in [0.15, 0.2) is 0 Å². The predicted octanol–water partition coefficient (Wildman–Crippen LogP) is 3.94. The standard InChI is InChI=1S/C21H36F3N5O4Si/c1-19(2,3)33-18(31)25-14(13-32-34(7,8)20(4,5)6)11-16(30)28-9-10-29-15(12-28)26-27-17(29)21(22,23)24/h14H,9-13H2,1-8H3,(H,25,31). The second-order valence-electron chi connectivity index (χ2n) is 11.0. The topological polar surface area (TPSA) is 98.6 Å². The number of carbonyl (C=O) groups is 2. The Kier molecular flexibility index (Phi) is 8.13. The average molecular weight is 508 g/mol. The van der Waals surface area contributed by atoms with Gasteiger partial charge in [0.2, 0.25) is 11.7 Å². The van der Waals surface area contributed by atoms with E-state index in [1.807, 2.05) is 0 Å². The summed E-state index contributed by atoms with van der Waals surface area (Å²) in [5, 5.41) is 9.50. The Balaban J connectivity index is 2.11. The Morgan fingerprint density at radius 2 is 1.71 bits per heavy atom. The number of hydrogen-bond donors (Lipinski definition) is 1. The van der Waals surface area contributed by atoms with Gasteiger partial charge in [0.1, 0.15) is 5.60 Å². The highest BCUT2D eigenvalue weighted by molar-refractivity contribution is 6.74. The van der Waals surface area contributed by atoms with Gasteiger partial charge in [-0.2, -0.15) is 13.2 Å². The minimum atomic E-state index is -4.61. The van der Waals surface area contributed by atoms with Crippen LogP contribution >= 0.6 is 0 Å². The molecule has 1 aliphatic heterocycles. The number of carbonyl (C=O) groups excluding carboxylic acids is 2. The number of hydrogen-bond acceptors (Lipinski definition) is 6.